The van der Waals surface area contributed by atoms with E-state index in [9.17, 15) is 4.79 Å². The number of anilines is 2. The van der Waals surface area contributed by atoms with Gasteiger partial charge in [-0.2, -0.15) is 0 Å². The van der Waals surface area contributed by atoms with Crippen LogP contribution in [0.4, 0.5) is 11.4 Å². The van der Waals surface area contributed by atoms with Gasteiger partial charge in [0, 0.05) is 16.8 Å². The number of carbonyl (C=O) groups excluding carboxylic acids is 1. The quantitative estimate of drug-likeness (QED) is 0.460. The van der Waals surface area contributed by atoms with E-state index in [1.165, 1.54) is 0 Å². The van der Waals surface area contributed by atoms with Crippen molar-refractivity contribution in [3.05, 3.63) is 97.1 Å². The molecular weight excluding hydrogens is 348 g/mol. The maximum absolute atomic E-state index is 12.3. The van der Waals surface area contributed by atoms with Crippen LogP contribution in [0.1, 0.15) is 0 Å². The highest BCUT2D eigenvalue weighted by Gasteiger charge is 2.06. The van der Waals surface area contributed by atoms with Gasteiger partial charge in [0.1, 0.15) is 11.5 Å². The summed E-state index contributed by atoms with van der Waals surface area (Å²) in [6.07, 6.45) is 0. The van der Waals surface area contributed by atoms with Crippen molar-refractivity contribution in [1.29, 1.82) is 0 Å². The molecule has 0 aliphatic rings. The predicted molar refractivity (Wildman–Crippen MR) is 114 cm³/mol. The average molecular weight is 368 g/mol. The Balaban J connectivity index is 1.34. The molecule has 0 saturated heterocycles. The van der Waals surface area contributed by atoms with Gasteiger partial charge < -0.3 is 15.4 Å². The van der Waals surface area contributed by atoms with Crippen LogP contribution >= 0.6 is 0 Å². The van der Waals surface area contributed by atoms with Crippen molar-refractivity contribution in [3.8, 4) is 11.5 Å². The first-order valence-electron chi connectivity index (χ1n) is 9.12. The first-order chi connectivity index (χ1) is 13.8. The summed E-state index contributed by atoms with van der Waals surface area (Å²) in [7, 11) is 0. The van der Waals surface area contributed by atoms with E-state index in [-0.39, 0.29) is 12.5 Å². The molecule has 0 aliphatic heterocycles. The topological polar surface area (TPSA) is 50.4 Å². The lowest BCUT2D eigenvalue weighted by Crippen LogP contribution is -2.21. The molecule has 0 heterocycles. The number of nitrogens with one attached hydrogen (secondary N) is 2. The van der Waals surface area contributed by atoms with Crippen molar-refractivity contribution in [2.75, 3.05) is 17.2 Å². The Kier molecular flexibility index (Phi) is 5.20. The fourth-order valence-corrected chi connectivity index (χ4v) is 2.98. The third-order valence-electron chi connectivity index (χ3n) is 4.35. The van der Waals surface area contributed by atoms with Gasteiger partial charge in [0.15, 0.2) is 0 Å². The van der Waals surface area contributed by atoms with Crippen LogP contribution in [0.2, 0.25) is 0 Å². The van der Waals surface area contributed by atoms with E-state index >= 15 is 0 Å². The summed E-state index contributed by atoms with van der Waals surface area (Å²) in [5.41, 5.74) is 1.67. The Labute approximate surface area is 163 Å². The summed E-state index contributed by atoms with van der Waals surface area (Å²) >= 11 is 0. The van der Waals surface area contributed by atoms with E-state index in [4.69, 9.17) is 4.74 Å². The van der Waals surface area contributed by atoms with E-state index in [1.807, 2.05) is 97.1 Å². The van der Waals surface area contributed by atoms with Gasteiger partial charge in [0.05, 0.1) is 6.54 Å². The van der Waals surface area contributed by atoms with Crippen LogP contribution in [-0.4, -0.2) is 12.5 Å². The molecule has 0 saturated carbocycles. The van der Waals surface area contributed by atoms with Crippen LogP contribution in [-0.2, 0) is 4.79 Å². The molecule has 0 spiro atoms. The van der Waals surface area contributed by atoms with Gasteiger partial charge in [0.2, 0.25) is 5.91 Å². The highest BCUT2D eigenvalue weighted by molar-refractivity contribution is 6.03. The molecule has 4 aromatic carbocycles. The summed E-state index contributed by atoms with van der Waals surface area (Å²) in [6, 6.07) is 31.0. The normalized spacial score (nSPS) is 10.4. The molecule has 0 aromatic heterocycles. The minimum absolute atomic E-state index is 0.0963. The number of hydrogen-bond donors (Lipinski definition) is 2. The van der Waals surface area contributed by atoms with Gasteiger partial charge in [-0.3, -0.25) is 4.79 Å². The minimum atomic E-state index is -0.0963. The molecular formula is C24H20N2O2. The van der Waals surface area contributed by atoms with Crippen LogP contribution < -0.4 is 15.4 Å². The zero-order chi connectivity index (χ0) is 19.2. The Morgan fingerprint density at radius 3 is 2.21 bits per heavy atom. The molecule has 0 fully saturated rings. The van der Waals surface area contributed by atoms with E-state index in [1.54, 1.807) is 0 Å². The van der Waals surface area contributed by atoms with Gasteiger partial charge in [0.25, 0.3) is 0 Å². The molecule has 2 N–H and O–H groups in total. The molecule has 4 heteroatoms. The lowest BCUT2D eigenvalue weighted by Gasteiger charge is -2.11. The molecule has 4 nitrogen and oxygen atoms in total. The highest BCUT2D eigenvalue weighted by atomic mass is 16.5. The Bertz CT molecular complexity index is 1070. The second kappa shape index (κ2) is 8.27. The molecule has 0 aliphatic carbocycles. The molecule has 138 valence electrons. The molecule has 4 rings (SSSR count). The van der Waals surface area contributed by atoms with Crippen LogP contribution in [0.15, 0.2) is 97.1 Å². The second-order valence-electron chi connectivity index (χ2n) is 6.37. The number of benzene rings is 4. The number of fused-ring (bicyclic) bond motifs is 1. The van der Waals surface area contributed by atoms with Crippen molar-refractivity contribution >= 4 is 28.1 Å². The summed E-state index contributed by atoms with van der Waals surface area (Å²) in [5.74, 6) is 1.44. The SMILES string of the molecule is O=C(CNc1ccc(Oc2ccccc2)cc1)Nc1cccc2ccccc12. The number of rotatable bonds is 6. The van der Waals surface area contributed by atoms with Crippen molar-refractivity contribution in [2.45, 2.75) is 0 Å². The average Bonchev–Trinajstić information content (AvgIpc) is 2.74. The third kappa shape index (κ3) is 4.30. The van der Waals surface area contributed by atoms with Gasteiger partial charge >= 0.3 is 0 Å². The number of carbonyl (C=O) groups is 1. The largest absolute Gasteiger partial charge is 0.457 e. The Morgan fingerprint density at radius 2 is 1.39 bits per heavy atom. The number of hydrogen-bond acceptors (Lipinski definition) is 3. The lowest BCUT2D eigenvalue weighted by molar-refractivity contribution is -0.114. The predicted octanol–water partition coefficient (Wildman–Crippen LogP) is 5.68. The molecule has 0 bridgehead atoms. The fourth-order valence-electron chi connectivity index (χ4n) is 2.98. The summed E-state index contributed by atoms with van der Waals surface area (Å²) in [6.45, 7) is 0.183. The Morgan fingerprint density at radius 1 is 0.714 bits per heavy atom. The second-order valence-corrected chi connectivity index (χ2v) is 6.37. The first kappa shape index (κ1) is 17.6. The third-order valence-corrected chi connectivity index (χ3v) is 4.35. The first-order valence-corrected chi connectivity index (χ1v) is 9.12. The van der Waals surface area contributed by atoms with Crippen LogP contribution in [0.3, 0.4) is 0 Å². The smallest absolute Gasteiger partial charge is 0.243 e. The molecule has 1 amide bonds. The zero-order valence-corrected chi connectivity index (χ0v) is 15.3. The minimum Gasteiger partial charge on any atom is -0.457 e. The standard InChI is InChI=1S/C24H20N2O2/c27-24(26-23-12-6-8-18-7-4-5-11-22(18)23)17-25-19-13-15-21(16-14-19)28-20-9-2-1-3-10-20/h1-16,25H,17H2,(H,26,27). The van der Waals surface area contributed by atoms with E-state index in [2.05, 4.69) is 10.6 Å². The number of ether oxygens (including phenoxy) is 1. The maximum Gasteiger partial charge on any atom is 0.243 e. The summed E-state index contributed by atoms with van der Waals surface area (Å²) in [4.78, 5) is 12.3. The van der Waals surface area contributed by atoms with Crippen LogP contribution in [0.5, 0.6) is 11.5 Å². The fraction of sp³-hybridized carbons (Fsp3) is 0.0417. The monoisotopic (exact) mass is 368 g/mol. The molecule has 0 radical (unpaired) electrons. The van der Waals surface area contributed by atoms with Crippen LogP contribution in [0.25, 0.3) is 10.8 Å². The van der Waals surface area contributed by atoms with Gasteiger partial charge in [-0.05, 0) is 47.9 Å². The van der Waals surface area contributed by atoms with Crippen LogP contribution in [0, 0.1) is 0 Å². The molecule has 28 heavy (non-hydrogen) atoms. The zero-order valence-electron chi connectivity index (χ0n) is 15.3. The van der Waals surface area contributed by atoms with Gasteiger partial charge in [-0.25, -0.2) is 0 Å². The van der Waals surface area contributed by atoms with Crippen molar-refractivity contribution in [1.82, 2.24) is 0 Å². The summed E-state index contributed by atoms with van der Waals surface area (Å²) < 4.78 is 5.77. The maximum atomic E-state index is 12.3. The van der Waals surface area contributed by atoms with Gasteiger partial charge in [-0.1, -0.05) is 54.6 Å². The molecule has 4 aromatic rings. The van der Waals surface area contributed by atoms with E-state index in [0.717, 1.165) is 33.6 Å². The highest BCUT2D eigenvalue weighted by Crippen LogP contribution is 2.24. The van der Waals surface area contributed by atoms with E-state index in [0.29, 0.717) is 0 Å². The van der Waals surface area contributed by atoms with Crippen molar-refractivity contribution in [3.63, 3.8) is 0 Å². The van der Waals surface area contributed by atoms with Gasteiger partial charge in [-0.15, -0.1) is 0 Å². The number of amides is 1. The van der Waals surface area contributed by atoms with Crippen molar-refractivity contribution < 1.29 is 9.53 Å². The van der Waals surface area contributed by atoms with Crippen molar-refractivity contribution in [2.24, 2.45) is 0 Å². The molecule has 0 unspecified atom stereocenters. The summed E-state index contributed by atoms with van der Waals surface area (Å²) in [5, 5.41) is 8.24. The Hall–Kier alpha value is -3.79. The lowest BCUT2D eigenvalue weighted by atomic mass is 10.1. The molecule has 0 atom stereocenters. The number of para-hydroxylation sites is 1. The van der Waals surface area contributed by atoms with E-state index < -0.39 is 0 Å².